The molecule has 2 rings (SSSR count). The van der Waals surface area contributed by atoms with Crippen molar-refractivity contribution in [1.82, 2.24) is 5.32 Å². The van der Waals surface area contributed by atoms with Gasteiger partial charge in [0.1, 0.15) is 17.6 Å². The zero-order chi connectivity index (χ0) is 17.5. The van der Waals surface area contributed by atoms with Crippen molar-refractivity contribution < 1.29 is 23.1 Å². The van der Waals surface area contributed by atoms with Crippen LogP contribution in [0.15, 0.2) is 40.8 Å². The van der Waals surface area contributed by atoms with Crippen LogP contribution in [0.4, 0.5) is 4.39 Å². The molecule has 1 aromatic heterocycles. The SMILES string of the molecule is COC(=O)[C@H](CCSC)NC(=O)c1ccc(-c2ccc(F)cc2)o1. The summed E-state index contributed by atoms with van der Waals surface area (Å²) in [4.78, 5) is 24.0. The molecular formula is C17H18FNO4S. The molecule has 0 saturated heterocycles. The smallest absolute Gasteiger partial charge is 0.328 e. The minimum Gasteiger partial charge on any atom is -0.467 e. The quantitative estimate of drug-likeness (QED) is 0.776. The summed E-state index contributed by atoms with van der Waals surface area (Å²) in [5.74, 6) is -0.120. The summed E-state index contributed by atoms with van der Waals surface area (Å²) in [6, 6.07) is 8.15. The van der Waals surface area contributed by atoms with Crippen LogP contribution in [-0.4, -0.2) is 37.0 Å². The molecule has 0 spiro atoms. The van der Waals surface area contributed by atoms with Gasteiger partial charge in [-0.15, -0.1) is 0 Å². The average Bonchev–Trinajstić information content (AvgIpc) is 3.08. The van der Waals surface area contributed by atoms with Gasteiger partial charge in [-0.3, -0.25) is 4.79 Å². The van der Waals surface area contributed by atoms with Crippen molar-refractivity contribution >= 4 is 23.6 Å². The van der Waals surface area contributed by atoms with Gasteiger partial charge in [-0.25, -0.2) is 9.18 Å². The van der Waals surface area contributed by atoms with E-state index in [1.807, 2.05) is 6.26 Å². The topological polar surface area (TPSA) is 68.5 Å². The molecule has 1 aromatic carbocycles. The molecule has 128 valence electrons. The number of hydrogen-bond donors (Lipinski definition) is 1. The highest BCUT2D eigenvalue weighted by Crippen LogP contribution is 2.22. The zero-order valence-corrected chi connectivity index (χ0v) is 14.2. The fourth-order valence-corrected chi connectivity index (χ4v) is 2.56. The fourth-order valence-electron chi connectivity index (χ4n) is 2.09. The van der Waals surface area contributed by atoms with E-state index in [9.17, 15) is 14.0 Å². The van der Waals surface area contributed by atoms with Crippen LogP contribution in [0, 0.1) is 5.82 Å². The van der Waals surface area contributed by atoms with Crippen LogP contribution in [0.5, 0.6) is 0 Å². The molecule has 1 atom stereocenters. The number of carbonyl (C=O) groups is 2. The van der Waals surface area contributed by atoms with Crippen molar-refractivity contribution in [1.29, 1.82) is 0 Å². The zero-order valence-electron chi connectivity index (χ0n) is 13.4. The van der Waals surface area contributed by atoms with Gasteiger partial charge in [0.2, 0.25) is 0 Å². The van der Waals surface area contributed by atoms with Crippen molar-refractivity contribution in [3.05, 3.63) is 48.0 Å². The monoisotopic (exact) mass is 351 g/mol. The van der Waals surface area contributed by atoms with Crippen molar-refractivity contribution in [2.75, 3.05) is 19.1 Å². The first kappa shape index (κ1) is 18.1. The second-order valence-corrected chi connectivity index (χ2v) is 5.99. The van der Waals surface area contributed by atoms with Gasteiger partial charge in [-0.2, -0.15) is 11.8 Å². The lowest BCUT2D eigenvalue weighted by Crippen LogP contribution is -2.41. The first-order chi connectivity index (χ1) is 11.5. The Morgan fingerprint density at radius 2 is 1.96 bits per heavy atom. The molecule has 0 radical (unpaired) electrons. The molecular weight excluding hydrogens is 333 g/mol. The Morgan fingerprint density at radius 3 is 2.58 bits per heavy atom. The Hall–Kier alpha value is -2.28. The Kier molecular flexibility index (Phi) is 6.43. The highest BCUT2D eigenvalue weighted by atomic mass is 32.2. The average molecular weight is 351 g/mol. The van der Waals surface area contributed by atoms with Gasteiger partial charge in [0.05, 0.1) is 7.11 Å². The second-order valence-electron chi connectivity index (χ2n) is 5.00. The Labute approximate surface area is 143 Å². The van der Waals surface area contributed by atoms with Crippen LogP contribution in [0.2, 0.25) is 0 Å². The predicted octanol–water partition coefficient (Wildman–Crippen LogP) is 3.11. The van der Waals surface area contributed by atoms with E-state index in [0.717, 1.165) is 0 Å². The second kappa shape index (κ2) is 8.54. The van der Waals surface area contributed by atoms with E-state index >= 15 is 0 Å². The molecule has 2 aromatic rings. The maximum absolute atomic E-state index is 13.0. The third-order valence-corrected chi connectivity index (χ3v) is 4.00. The number of rotatable bonds is 7. The fraction of sp³-hybridized carbons (Fsp3) is 0.294. The lowest BCUT2D eigenvalue weighted by molar-refractivity contribution is -0.142. The van der Waals surface area contributed by atoms with E-state index in [-0.39, 0.29) is 11.6 Å². The van der Waals surface area contributed by atoms with Crippen molar-refractivity contribution in [2.24, 2.45) is 0 Å². The summed E-state index contributed by atoms with van der Waals surface area (Å²) in [5, 5.41) is 2.61. The third-order valence-electron chi connectivity index (χ3n) is 3.36. The Morgan fingerprint density at radius 1 is 1.25 bits per heavy atom. The lowest BCUT2D eigenvalue weighted by Gasteiger charge is -2.15. The van der Waals surface area contributed by atoms with Gasteiger partial charge in [-0.1, -0.05) is 0 Å². The van der Waals surface area contributed by atoms with E-state index < -0.39 is 17.9 Å². The van der Waals surface area contributed by atoms with Gasteiger partial charge in [0.25, 0.3) is 5.91 Å². The number of esters is 1. The summed E-state index contributed by atoms with van der Waals surface area (Å²) < 4.78 is 23.2. The number of ether oxygens (including phenoxy) is 1. The highest BCUT2D eigenvalue weighted by molar-refractivity contribution is 7.98. The van der Waals surface area contributed by atoms with E-state index in [2.05, 4.69) is 5.32 Å². The molecule has 0 unspecified atom stereocenters. The number of nitrogens with one attached hydrogen (secondary N) is 1. The summed E-state index contributed by atoms with van der Waals surface area (Å²) in [6.07, 6.45) is 2.38. The molecule has 1 amide bonds. The predicted molar refractivity (Wildman–Crippen MR) is 90.4 cm³/mol. The van der Waals surface area contributed by atoms with Crippen LogP contribution >= 0.6 is 11.8 Å². The molecule has 24 heavy (non-hydrogen) atoms. The number of methoxy groups -OCH3 is 1. The van der Waals surface area contributed by atoms with Gasteiger partial charge in [0.15, 0.2) is 5.76 Å². The Balaban J connectivity index is 2.09. The largest absolute Gasteiger partial charge is 0.467 e. The number of hydrogen-bond acceptors (Lipinski definition) is 5. The third kappa shape index (κ3) is 4.61. The summed E-state index contributed by atoms with van der Waals surface area (Å²) in [6.45, 7) is 0. The standard InChI is InChI=1S/C17H18FNO4S/c1-22-17(21)13(9-10-24-2)19-16(20)15-8-7-14(23-15)11-3-5-12(18)6-4-11/h3-8,13H,9-10H2,1-2H3,(H,19,20)/t13-/m0/s1. The van der Waals surface area contributed by atoms with Crippen molar-refractivity contribution in [3.8, 4) is 11.3 Å². The van der Waals surface area contributed by atoms with Gasteiger partial charge in [-0.05, 0) is 54.8 Å². The number of halogens is 1. The summed E-state index contributed by atoms with van der Waals surface area (Å²) in [5.41, 5.74) is 0.655. The van der Waals surface area contributed by atoms with Gasteiger partial charge >= 0.3 is 5.97 Å². The number of thioether (sulfide) groups is 1. The van der Waals surface area contributed by atoms with E-state index in [1.165, 1.54) is 25.3 Å². The van der Waals surface area contributed by atoms with E-state index in [0.29, 0.717) is 23.5 Å². The molecule has 0 aliphatic carbocycles. The van der Waals surface area contributed by atoms with Crippen molar-refractivity contribution in [2.45, 2.75) is 12.5 Å². The number of carbonyl (C=O) groups excluding carboxylic acids is 2. The molecule has 7 heteroatoms. The van der Waals surface area contributed by atoms with Crippen LogP contribution in [-0.2, 0) is 9.53 Å². The maximum atomic E-state index is 13.0. The van der Waals surface area contributed by atoms with Crippen LogP contribution in [0.25, 0.3) is 11.3 Å². The number of amides is 1. The van der Waals surface area contributed by atoms with Crippen LogP contribution in [0.1, 0.15) is 17.0 Å². The van der Waals surface area contributed by atoms with Crippen molar-refractivity contribution in [3.63, 3.8) is 0 Å². The highest BCUT2D eigenvalue weighted by Gasteiger charge is 2.23. The minimum atomic E-state index is -0.727. The molecule has 0 aliphatic rings. The lowest BCUT2D eigenvalue weighted by atomic mass is 10.2. The van der Waals surface area contributed by atoms with Crippen LogP contribution in [0.3, 0.4) is 0 Å². The van der Waals surface area contributed by atoms with Gasteiger partial charge in [0, 0.05) is 5.56 Å². The van der Waals surface area contributed by atoms with Gasteiger partial charge < -0.3 is 14.5 Å². The van der Waals surface area contributed by atoms with E-state index in [4.69, 9.17) is 9.15 Å². The first-order valence-corrected chi connectivity index (χ1v) is 8.68. The Bertz CT molecular complexity index is 699. The molecule has 1 heterocycles. The number of benzene rings is 1. The summed E-state index contributed by atoms with van der Waals surface area (Å²) >= 11 is 1.57. The molecule has 0 bridgehead atoms. The molecule has 0 aliphatic heterocycles. The molecule has 5 nitrogen and oxygen atoms in total. The minimum absolute atomic E-state index is 0.0763. The van der Waals surface area contributed by atoms with E-state index in [1.54, 1.807) is 30.0 Å². The maximum Gasteiger partial charge on any atom is 0.328 e. The number of furan rings is 1. The first-order valence-electron chi connectivity index (χ1n) is 7.28. The van der Waals surface area contributed by atoms with Crippen LogP contribution < -0.4 is 5.32 Å². The summed E-state index contributed by atoms with van der Waals surface area (Å²) in [7, 11) is 1.28. The molecule has 0 saturated carbocycles. The molecule has 0 fully saturated rings. The normalized spacial score (nSPS) is 11.8. The molecule has 1 N–H and O–H groups in total.